The Bertz CT molecular complexity index is 1110. The third-order valence-electron chi connectivity index (χ3n) is 13.2. The highest BCUT2D eigenvalue weighted by atomic mass is 16.7. The van der Waals surface area contributed by atoms with Crippen LogP contribution in [0.15, 0.2) is 36.5 Å². The highest BCUT2D eigenvalue weighted by Gasteiger charge is 2.44. The van der Waals surface area contributed by atoms with Gasteiger partial charge in [-0.25, -0.2) is 0 Å². The molecular formula is C56H105NO8. The number of ether oxygens (including phenoxy) is 2. The monoisotopic (exact) mass is 920 g/mol. The van der Waals surface area contributed by atoms with Crippen LogP contribution in [0.1, 0.15) is 258 Å². The van der Waals surface area contributed by atoms with E-state index < -0.39 is 49.5 Å². The molecule has 1 amide bonds. The largest absolute Gasteiger partial charge is 0.394 e. The van der Waals surface area contributed by atoms with Gasteiger partial charge in [0.05, 0.1) is 25.4 Å². The van der Waals surface area contributed by atoms with Crippen molar-refractivity contribution in [2.24, 2.45) is 0 Å². The van der Waals surface area contributed by atoms with E-state index in [-0.39, 0.29) is 12.5 Å². The fourth-order valence-corrected chi connectivity index (χ4v) is 8.78. The van der Waals surface area contributed by atoms with Crippen LogP contribution < -0.4 is 5.32 Å². The molecule has 0 bridgehead atoms. The minimum absolute atomic E-state index is 0.185. The van der Waals surface area contributed by atoms with Crippen LogP contribution in [0, 0.1) is 0 Å². The molecule has 7 atom stereocenters. The summed E-state index contributed by atoms with van der Waals surface area (Å²) >= 11 is 0. The van der Waals surface area contributed by atoms with Crippen LogP contribution in [0.4, 0.5) is 0 Å². The molecule has 9 nitrogen and oxygen atoms in total. The first-order valence-corrected chi connectivity index (χ1v) is 27.7. The Balaban J connectivity index is 1.88. The molecule has 0 radical (unpaired) electrons. The topological polar surface area (TPSA) is 149 Å². The minimum Gasteiger partial charge on any atom is -0.394 e. The predicted octanol–water partition coefficient (Wildman–Crippen LogP) is 13.2. The van der Waals surface area contributed by atoms with Crippen molar-refractivity contribution in [3.05, 3.63) is 36.5 Å². The molecule has 0 spiro atoms. The molecule has 9 heteroatoms. The molecule has 65 heavy (non-hydrogen) atoms. The van der Waals surface area contributed by atoms with Crippen LogP contribution in [0.2, 0.25) is 0 Å². The van der Waals surface area contributed by atoms with Crippen LogP contribution >= 0.6 is 0 Å². The van der Waals surface area contributed by atoms with Gasteiger partial charge >= 0.3 is 0 Å². The van der Waals surface area contributed by atoms with Gasteiger partial charge in [0.2, 0.25) is 5.91 Å². The third kappa shape index (κ3) is 36.1. The number of carbonyl (C=O) groups is 1. The molecule has 0 aliphatic carbocycles. The third-order valence-corrected chi connectivity index (χ3v) is 13.2. The molecule has 1 rings (SSSR count). The van der Waals surface area contributed by atoms with Gasteiger partial charge in [-0.2, -0.15) is 0 Å². The van der Waals surface area contributed by atoms with Gasteiger partial charge in [0.15, 0.2) is 6.29 Å². The van der Waals surface area contributed by atoms with Crippen molar-refractivity contribution in [3.63, 3.8) is 0 Å². The summed E-state index contributed by atoms with van der Waals surface area (Å²) in [5, 5.41) is 53.5. The molecule has 7 unspecified atom stereocenters. The van der Waals surface area contributed by atoms with Gasteiger partial charge in [-0.15, -0.1) is 0 Å². The van der Waals surface area contributed by atoms with Gasteiger partial charge in [0.25, 0.3) is 0 Å². The Morgan fingerprint density at radius 2 is 0.938 bits per heavy atom. The van der Waals surface area contributed by atoms with Gasteiger partial charge < -0.3 is 40.3 Å². The normalized spacial score (nSPS) is 20.1. The average molecular weight is 920 g/mol. The number of aliphatic hydroxyl groups excluding tert-OH is 5. The van der Waals surface area contributed by atoms with Crippen LogP contribution in [0.25, 0.3) is 0 Å². The molecule has 0 aromatic rings. The molecule has 382 valence electrons. The van der Waals surface area contributed by atoms with Crippen molar-refractivity contribution < 1.29 is 39.8 Å². The van der Waals surface area contributed by atoms with E-state index in [2.05, 4.69) is 36.5 Å². The molecule has 1 saturated heterocycles. The maximum absolute atomic E-state index is 12.8. The van der Waals surface area contributed by atoms with Crippen LogP contribution in [0.5, 0.6) is 0 Å². The standard InChI is InChI=1S/C56H105NO8/c1-3-5-7-8-9-10-11-12-13-14-15-16-17-18-19-20-21-22-23-24-25-26-27-28-29-30-31-32-33-34-35-36-37-38-39-40-41-42-44-46-52(60)57-49(50(59)45-43-6-4-2)48-64-56-55(63)54(62)53(61)51(47-58)65-56/h11-12,14-15,43,45,49-51,53-56,58-59,61-63H,3-10,13,16-42,44,46-48H2,1-2H3,(H,57,60)/b12-11-,15-14-,45-43+. The lowest BCUT2D eigenvalue weighted by Crippen LogP contribution is -2.60. The molecule has 0 saturated carbocycles. The van der Waals surface area contributed by atoms with Crippen LogP contribution in [-0.4, -0.2) is 87.5 Å². The summed E-state index contributed by atoms with van der Waals surface area (Å²) < 4.78 is 11.1. The van der Waals surface area contributed by atoms with Crippen molar-refractivity contribution in [1.82, 2.24) is 5.32 Å². The molecule has 1 heterocycles. The maximum atomic E-state index is 12.8. The predicted molar refractivity (Wildman–Crippen MR) is 272 cm³/mol. The first-order valence-electron chi connectivity index (χ1n) is 27.7. The molecular weight excluding hydrogens is 815 g/mol. The summed E-state index contributed by atoms with van der Waals surface area (Å²) in [5.74, 6) is -0.185. The lowest BCUT2D eigenvalue weighted by atomic mass is 9.99. The lowest BCUT2D eigenvalue weighted by Gasteiger charge is -2.40. The fourth-order valence-electron chi connectivity index (χ4n) is 8.78. The van der Waals surface area contributed by atoms with Gasteiger partial charge in [-0.1, -0.05) is 243 Å². The number of amides is 1. The van der Waals surface area contributed by atoms with E-state index in [9.17, 15) is 30.3 Å². The summed E-state index contributed by atoms with van der Waals surface area (Å²) in [7, 11) is 0. The fraction of sp³-hybridized carbons (Fsp3) is 0.875. The number of carbonyl (C=O) groups excluding carboxylic acids is 1. The Hall–Kier alpha value is -1.59. The highest BCUT2D eigenvalue weighted by Crippen LogP contribution is 2.23. The summed E-state index contributed by atoms with van der Waals surface area (Å²) in [6.07, 6.45) is 53.6. The molecule has 6 N–H and O–H groups in total. The Morgan fingerprint density at radius 1 is 0.523 bits per heavy atom. The first-order chi connectivity index (χ1) is 31.8. The Kier molecular flexibility index (Phi) is 43.6. The van der Waals surface area contributed by atoms with E-state index >= 15 is 0 Å². The van der Waals surface area contributed by atoms with E-state index in [1.54, 1.807) is 6.08 Å². The zero-order chi connectivity index (χ0) is 47.3. The molecule has 0 aromatic carbocycles. The number of allylic oxidation sites excluding steroid dienone is 5. The van der Waals surface area contributed by atoms with Gasteiger partial charge in [-0.05, 0) is 44.9 Å². The second-order valence-electron chi connectivity index (χ2n) is 19.4. The molecule has 1 aliphatic heterocycles. The van der Waals surface area contributed by atoms with E-state index in [1.807, 2.05) is 13.0 Å². The van der Waals surface area contributed by atoms with Crippen molar-refractivity contribution in [3.8, 4) is 0 Å². The van der Waals surface area contributed by atoms with E-state index in [4.69, 9.17) is 9.47 Å². The first kappa shape index (κ1) is 61.4. The van der Waals surface area contributed by atoms with Crippen LogP contribution in [-0.2, 0) is 14.3 Å². The summed E-state index contributed by atoms with van der Waals surface area (Å²) in [6, 6.07) is -0.797. The SMILES string of the molecule is CCC/C=C/C(O)C(COC1OC(CO)C(O)C(O)C1O)NC(=O)CCCCCCCCCCCCCCCCCCCCCCCCCCCCC/C=C\C/C=C\CCCCCCC. The number of hydrogen-bond acceptors (Lipinski definition) is 8. The van der Waals surface area contributed by atoms with Crippen molar-refractivity contribution >= 4 is 5.91 Å². The number of rotatable bonds is 47. The minimum atomic E-state index is -1.56. The number of aliphatic hydroxyl groups is 5. The second kappa shape index (κ2) is 46.2. The average Bonchev–Trinajstić information content (AvgIpc) is 3.30. The van der Waals surface area contributed by atoms with E-state index in [0.717, 1.165) is 38.5 Å². The van der Waals surface area contributed by atoms with Gasteiger partial charge in [-0.3, -0.25) is 4.79 Å². The van der Waals surface area contributed by atoms with E-state index in [0.29, 0.717) is 6.42 Å². The number of nitrogens with one attached hydrogen (secondary N) is 1. The van der Waals surface area contributed by atoms with Crippen molar-refractivity contribution in [2.45, 2.75) is 301 Å². The summed E-state index contributed by atoms with van der Waals surface area (Å²) in [4.78, 5) is 12.8. The van der Waals surface area contributed by atoms with Gasteiger partial charge in [0.1, 0.15) is 24.4 Å². The molecule has 1 aliphatic rings. The van der Waals surface area contributed by atoms with Crippen molar-refractivity contribution in [2.75, 3.05) is 13.2 Å². The lowest BCUT2D eigenvalue weighted by molar-refractivity contribution is -0.302. The summed E-state index contributed by atoms with van der Waals surface area (Å²) in [6.45, 7) is 3.56. The second-order valence-corrected chi connectivity index (χ2v) is 19.4. The zero-order valence-corrected chi connectivity index (χ0v) is 42.3. The van der Waals surface area contributed by atoms with Gasteiger partial charge in [0, 0.05) is 6.42 Å². The molecule has 1 fully saturated rings. The van der Waals surface area contributed by atoms with Crippen LogP contribution in [0.3, 0.4) is 0 Å². The molecule has 0 aromatic heterocycles. The quantitative estimate of drug-likeness (QED) is 0.0261. The maximum Gasteiger partial charge on any atom is 0.220 e. The number of hydrogen-bond donors (Lipinski definition) is 6. The Morgan fingerprint density at radius 3 is 1.35 bits per heavy atom. The van der Waals surface area contributed by atoms with E-state index in [1.165, 1.54) is 199 Å². The Labute approximate surface area is 400 Å². The zero-order valence-electron chi connectivity index (χ0n) is 42.3. The number of unbranched alkanes of at least 4 members (excludes halogenated alkanes) is 33. The smallest absolute Gasteiger partial charge is 0.220 e. The van der Waals surface area contributed by atoms with Crippen molar-refractivity contribution in [1.29, 1.82) is 0 Å². The summed E-state index contributed by atoms with van der Waals surface area (Å²) in [5.41, 5.74) is 0. The highest BCUT2D eigenvalue weighted by molar-refractivity contribution is 5.76.